The summed E-state index contributed by atoms with van der Waals surface area (Å²) in [6.07, 6.45) is 1.44. The number of rotatable bonds is 4. The molecule has 0 atom stereocenters. The fraction of sp³-hybridized carbons (Fsp3) is 0.667. The number of carbonyl (C=O) groups is 1. The van der Waals surface area contributed by atoms with Crippen LogP contribution in [-0.2, 0) is 16.8 Å². The van der Waals surface area contributed by atoms with Gasteiger partial charge in [-0.05, 0) is 12.8 Å². The Morgan fingerprint density at radius 1 is 1.59 bits per heavy atom. The SMILES string of the molecule is CC(C)(C)c1csc(CNC2(C(=O)O)CC2)n1. The maximum atomic E-state index is 11.0. The minimum absolute atomic E-state index is 0.0544. The quantitative estimate of drug-likeness (QED) is 0.864. The van der Waals surface area contributed by atoms with Gasteiger partial charge in [0.05, 0.1) is 5.69 Å². The number of thiazole rings is 1. The Balaban J connectivity index is 1.97. The Kier molecular flexibility index (Phi) is 2.99. The number of nitrogens with zero attached hydrogens (tertiary/aromatic N) is 1. The number of aromatic nitrogens is 1. The van der Waals surface area contributed by atoms with E-state index in [1.807, 2.05) is 0 Å². The van der Waals surface area contributed by atoms with Crippen LogP contribution < -0.4 is 5.32 Å². The Morgan fingerprint density at radius 3 is 2.65 bits per heavy atom. The molecule has 0 aromatic carbocycles. The molecule has 17 heavy (non-hydrogen) atoms. The lowest BCUT2D eigenvalue weighted by molar-refractivity contribution is -0.140. The molecule has 94 valence electrons. The summed E-state index contributed by atoms with van der Waals surface area (Å²) in [4.78, 5) is 15.5. The lowest BCUT2D eigenvalue weighted by Crippen LogP contribution is -2.38. The van der Waals surface area contributed by atoms with E-state index >= 15 is 0 Å². The van der Waals surface area contributed by atoms with E-state index in [4.69, 9.17) is 5.11 Å². The van der Waals surface area contributed by atoms with Crippen LogP contribution in [0.1, 0.15) is 44.3 Å². The Morgan fingerprint density at radius 2 is 2.24 bits per heavy atom. The third kappa shape index (κ3) is 2.66. The largest absolute Gasteiger partial charge is 0.480 e. The summed E-state index contributed by atoms with van der Waals surface area (Å²) in [5, 5.41) is 15.1. The van der Waals surface area contributed by atoms with E-state index in [0.29, 0.717) is 6.54 Å². The van der Waals surface area contributed by atoms with Crippen molar-refractivity contribution in [1.82, 2.24) is 10.3 Å². The highest BCUT2D eigenvalue weighted by Crippen LogP contribution is 2.36. The second kappa shape index (κ2) is 4.07. The van der Waals surface area contributed by atoms with E-state index in [1.165, 1.54) is 0 Å². The van der Waals surface area contributed by atoms with Gasteiger partial charge in [0.15, 0.2) is 0 Å². The summed E-state index contributed by atoms with van der Waals surface area (Å²) < 4.78 is 0. The van der Waals surface area contributed by atoms with Crippen molar-refractivity contribution in [3.05, 3.63) is 16.1 Å². The van der Waals surface area contributed by atoms with Gasteiger partial charge in [-0.15, -0.1) is 11.3 Å². The highest BCUT2D eigenvalue weighted by Gasteiger charge is 2.49. The van der Waals surface area contributed by atoms with Crippen LogP contribution in [0.15, 0.2) is 5.38 Å². The van der Waals surface area contributed by atoms with Crippen LogP contribution in [0, 0.1) is 0 Å². The molecule has 0 amide bonds. The molecule has 1 fully saturated rings. The summed E-state index contributed by atoms with van der Waals surface area (Å²) in [6.45, 7) is 6.92. The number of carboxylic acids is 1. The van der Waals surface area contributed by atoms with E-state index in [-0.39, 0.29) is 5.41 Å². The van der Waals surface area contributed by atoms with Gasteiger partial charge < -0.3 is 5.11 Å². The van der Waals surface area contributed by atoms with Crippen molar-refractivity contribution in [2.24, 2.45) is 0 Å². The second-order valence-electron chi connectivity index (χ2n) is 5.62. The van der Waals surface area contributed by atoms with E-state index in [1.54, 1.807) is 11.3 Å². The molecule has 1 aromatic heterocycles. The van der Waals surface area contributed by atoms with Gasteiger partial charge in [-0.2, -0.15) is 0 Å². The lowest BCUT2D eigenvalue weighted by atomic mass is 9.93. The molecular weight excluding hydrogens is 236 g/mol. The van der Waals surface area contributed by atoms with Crippen LogP contribution in [-0.4, -0.2) is 21.6 Å². The molecule has 1 saturated carbocycles. The zero-order chi connectivity index (χ0) is 12.7. The molecule has 0 radical (unpaired) electrons. The van der Waals surface area contributed by atoms with Crippen LogP contribution >= 0.6 is 11.3 Å². The number of carboxylic acid groups (broad SMARTS) is 1. The van der Waals surface area contributed by atoms with Gasteiger partial charge in [0.1, 0.15) is 10.5 Å². The first-order valence-electron chi connectivity index (χ1n) is 5.77. The molecule has 5 heteroatoms. The van der Waals surface area contributed by atoms with E-state index in [2.05, 4.69) is 36.5 Å². The van der Waals surface area contributed by atoms with Crippen LogP contribution in [0.25, 0.3) is 0 Å². The average molecular weight is 254 g/mol. The fourth-order valence-electron chi connectivity index (χ4n) is 1.57. The van der Waals surface area contributed by atoms with Crippen LogP contribution in [0.2, 0.25) is 0 Å². The number of hydrogen-bond donors (Lipinski definition) is 2. The number of aliphatic carboxylic acids is 1. The van der Waals surface area contributed by atoms with Gasteiger partial charge in [0.2, 0.25) is 0 Å². The monoisotopic (exact) mass is 254 g/mol. The smallest absolute Gasteiger partial charge is 0.323 e. The zero-order valence-corrected chi connectivity index (χ0v) is 11.2. The van der Waals surface area contributed by atoms with Gasteiger partial charge >= 0.3 is 5.97 Å². The molecule has 0 bridgehead atoms. The lowest BCUT2D eigenvalue weighted by Gasteiger charge is -2.14. The molecule has 2 N–H and O–H groups in total. The van der Waals surface area contributed by atoms with E-state index in [9.17, 15) is 4.79 Å². The summed E-state index contributed by atoms with van der Waals surface area (Å²) in [5.74, 6) is -0.745. The third-order valence-corrected chi connectivity index (χ3v) is 3.91. The molecule has 0 saturated heterocycles. The Bertz CT molecular complexity index is 430. The van der Waals surface area contributed by atoms with Crippen LogP contribution in [0.4, 0.5) is 0 Å². The minimum atomic E-state index is -0.745. The highest BCUT2D eigenvalue weighted by atomic mass is 32.1. The summed E-state index contributed by atoms with van der Waals surface area (Å²) in [7, 11) is 0. The van der Waals surface area contributed by atoms with Crippen molar-refractivity contribution in [3.8, 4) is 0 Å². The molecule has 4 nitrogen and oxygen atoms in total. The van der Waals surface area contributed by atoms with Crippen LogP contribution in [0.3, 0.4) is 0 Å². The Hall–Kier alpha value is -0.940. The molecule has 1 aromatic rings. The number of hydrogen-bond acceptors (Lipinski definition) is 4. The first kappa shape index (κ1) is 12.5. The Labute approximate surface area is 105 Å². The average Bonchev–Trinajstić information content (AvgIpc) is 2.85. The van der Waals surface area contributed by atoms with Gasteiger partial charge in [-0.1, -0.05) is 20.8 Å². The third-order valence-electron chi connectivity index (χ3n) is 3.06. The molecule has 2 rings (SSSR count). The minimum Gasteiger partial charge on any atom is -0.480 e. The topological polar surface area (TPSA) is 62.2 Å². The van der Waals surface area contributed by atoms with Gasteiger partial charge in [0.25, 0.3) is 0 Å². The molecule has 1 heterocycles. The highest BCUT2D eigenvalue weighted by molar-refractivity contribution is 7.09. The van der Waals surface area contributed by atoms with Crippen molar-refractivity contribution in [2.45, 2.75) is 51.1 Å². The van der Waals surface area contributed by atoms with Crippen LogP contribution in [0.5, 0.6) is 0 Å². The van der Waals surface area contributed by atoms with Crippen molar-refractivity contribution < 1.29 is 9.90 Å². The fourth-order valence-corrected chi connectivity index (χ4v) is 2.53. The normalized spacial score (nSPS) is 18.1. The van der Waals surface area contributed by atoms with Crippen molar-refractivity contribution >= 4 is 17.3 Å². The van der Waals surface area contributed by atoms with E-state index < -0.39 is 11.5 Å². The van der Waals surface area contributed by atoms with Gasteiger partial charge in [0, 0.05) is 17.3 Å². The molecule has 0 aliphatic heterocycles. The van der Waals surface area contributed by atoms with Gasteiger partial charge in [-0.3, -0.25) is 10.1 Å². The summed E-state index contributed by atoms with van der Waals surface area (Å²) in [5.41, 5.74) is 0.450. The summed E-state index contributed by atoms with van der Waals surface area (Å²) >= 11 is 1.59. The van der Waals surface area contributed by atoms with Crippen molar-refractivity contribution in [2.75, 3.05) is 0 Å². The molecule has 1 aliphatic carbocycles. The van der Waals surface area contributed by atoms with Gasteiger partial charge in [-0.25, -0.2) is 4.98 Å². The first-order valence-corrected chi connectivity index (χ1v) is 6.65. The maximum absolute atomic E-state index is 11.0. The predicted molar refractivity (Wildman–Crippen MR) is 67.3 cm³/mol. The standard InChI is InChI=1S/C12H18N2O2S/c1-11(2,3)8-7-17-9(14-8)6-13-12(4-5-12)10(15)16/h7,13H,4-6H2,1-3H3,(H,15,16). The zero-order valence-electron chi connectivity index (χ0n) is 10.4. The molecular formula is C12H18N2O2S. The van der Waals surface area contributed by atoms with E-state index in [0.717, 1.165) is 23.5 Å². The summed E-state index contributed by atoms with van der Waals surface area (Å²) in [6, 6.07) is 0. The first-order chi connectivity index (χ1) is 7.83. The number of nitrogens with one attached hydrogen (secondary N) is 1. The second-order valence-corrected chi connectivity index (χ2v) is 6.56. The van der Waals surface area contributed by atoms with Crippen molar-refractivity contribution in [3.63, 3.8) is 0 Å². The van der Waals surface area contributed by atoms with Crippen molar-refractivity contribution in [1.29, 1.82) is 0 Å². The maximum Gasteiger partial charge on any atom is 0.323 e. The molecule has 1 aliphatic rings. The molecule has 0 unspecified atom stereocenters. The predicted octanol–water partition coefficient (Wildman–Crippen LogP) is 2.15. The molecule has 0 spiro atoms.